The summed E-state index contributed by atoms with van der Waals surface area (Å²) in [5, 5.41) is 3.06. The van der Waals surface area contributed by atoms with E-state index in [4.69, 9.17) is 4.74 Å². The minimum Gasteiger partial charge on any atom is -0.496 e. The summed E-state index contributed by atoms with van der Waals surface area (Å²) in [5.41, 5.74) is 1.75. The molecule has 0 bridgehead atoms. The van der Waals surface area contributed by atoms with Gasteiger partial charge in [-0.15, -0.1) is 0 Å². The Morgan fingerprint density at radius 1 is 1.21 bits per heavy atom. The molecule has 1 atom stereocenters. The number of aromatic nitrogens is 1. The Kier molecular flexibility index (Phi) is 5.43. The monoisotopic (exact) mass is 325 g/mol. The Bertz CT molecular complexity index is 669. The SMILES string of the molecule is COc1ccccc1[C@H](CNC(=O)c1ccncc1)N1CCCC1. The second kappa shape index (κ2) is 7.93. The van der Waals surface area contributed by atoms with Gasteiger partial charge in [-0.3, -0.25) is 14.7 Å². The first-order valence-electron chi connectivity index (χ1n) is 8.35. The third kappa shape index (κ3) is 3.74. The summed E-state index contributed by atoms with van der Waals surface area (Å²) >= 11 is 0. The standard InChI is InChI=1S/C19H23N3O2/c1-24-18-7-3-2-6-16(18)17(22-12-4-5-13-22)14-21-19(23)15-8-10-20-11-9-15/h2-3,6-11,17H,4-5,12-14H2,1H3,(H,21,23)/t17-/m0/s1. The molecular weight excluding hydrogens is 302 g/mol. The molecule has 3 rings (SSSR count). The van der Waals surface area contributed by atoms with Gasteiger partial charge < -0.3 is 10.1 Å². The van der Waals surface area contributed by atoms with Crippen LogP contribution in [-0.4, -0.2) is 42.5 Å². The first kappa shape index (κ1) is 16.5. The molecule has 1 aliphatic rings. The van der Waals surface area contributed by atoms with Crippen LogP contribution in [0.3, 0.4) is 0 Å². The van der Waals surface area contributed by atoms with E-state index in [0.29, 0.717) is 12.1 Å². The second-order valence-corrected chi connectivity index (χ2v) is 5.95. The number of hydrogen-bond acceptors (Lipinski definition) is 4. The fourth-order valence-electron chi connectivity index (χ4n) is 3.23. The molecule has 2 heterocycles. The van der Waals surface area contributed by atoms with Gasteiger partial charge >= 0.3 is 0 Å². The fraction of sp³-hybridized carbons (Fsp3) is 0.368. The van der Waals surface area contributed by atoms with E-state index in [1.54, 1.807) is 31.6 Å². The molecule has 24 heavy (non-hydrogen) atoms. The fourth-order valence-corrected chi connectivity index (χ4v) is 3.23. The summed E-state index contributed by atoms with van der Waals surface area (Å²) in [6.45, 7) is 2.66. The maximum atomic E-state index is 12.4. The van der Waals surface area contributed by atoms with Crippen LogP contribution in [0.4, 0.5) is 0 Å². The zero-order chi connectivity index (χ0) is 16.8. The first-order valence-corrected chi connectivity index (χ1v) is 8.35. The number of benzene rings is 1. The number of nitrogens with zero attached hydrogens (tertiary/aromatic N) is 2. The summed E-state index contributed by atoms with van der Waals surface area (Å²) in [6.07, 6.45) is 5.66. The molecule has 126 valence electrons. The summed E-state index contributed by atoms with van der Waals surface area (Å²) in [5.74, 6) is 0.795. The normalized spacial score (nSPS) is 15.9. The lowest BCUT2D eigenvalue weighted by Gasteiger charge is -2.29. The molecular formula is C19H23N3O2. The van der Waals surface area contributed by atoms with E-state index >= 15 is 0 Å². The number of hydrogen-bond donors (Lipinski definition) is 1. The number of para-hydroxylation sites is 1. The van der Waals surface area contributed by atoms with Crippen molar-refractivity contribution in [2.75, 3.05) is 26.7 Å². The molecule has 1 N–H and O–H groups in total. The van der Waals surface area contributed by atoms with Crippen LogP contribution in [0, 0.1) is 0 Å². The third-order valence-electron chi connectivity index (χ3n) is 4.48. The largest absolute Gasteiger partial charge is 0.496 e. The van der Waals surface area contributed by atoms with Gasteiger partial charge in [-0.1, -0.05) is 18.2 Å². The predicted molar refractivity (Wildman–Crippen MR) is 93.1 cm³/mol. The van der Waals surface area contributed by atoms with Crippen molar-refractivity contribution < 1.29 is 9.53 Å². The second-order valence-electron chi connectivity index (χ2n) is 5.95. The van der Waals surface area contributed by atoms with Crippen molar-refractivity contribution in [1.82, 2.24) is 15.2 Å². The molecule has 1 saturated heterocycles. The van der Waals surface area contributed by atoms with Gasteiger partial charge in [-0.25, -0.2) is 0 Å². The van der Waals surface area contributed by atoms with Crippen molar-refractivity contribution in [3.05, 3.63) is 59.9 Å². The molecule has 2 aromatic rings. The van der Waals surface area contributed by atoms with E-state index in [-0.39, 0.29) is 11.9 Å². The Morgan fingerprint density at radius 2 is 1.92 bits per heavy atom. The van der Waals surface area contributed by atoms with Gasteiger partial charge in [0.05, 0.1) is 13.2 Å². The van der Waals surface area contributed by atoms with Gasteiger partial charge in [0.1, 0.15) is 5.75 Å². The summed E-state index contributed by atoms with van der Waals surface area (Å²) in [6, 6.07) is 11.6. The number of amides is 1. The van der Waals surface area contributed by atoms with Crippen LogP contribution < -0.4 is 10.1 Å². The molecule has 1 aliphatic heterocycles. The number of nitrogens with one attached hydrogen (secondary N) is 1. The highest BCUT2D eigenvalue weighted by Gasteiger charge is 2.26. The summed E-state index contributed by atoms with van der Waals surface area (Å²) < 4.78 is 5.53. The number of pyridine rings is 1. The Hall–Kier alpha value is -2.40. The third-order valence-corrected chi connectivity index (χ3v) is 4.48. The Labute approximate surface area is 142 Å². The zero-order valence-corrected chi connectivity index (χ0v) is 13.9. The van der Waals surface area contributed by atoms with Gasteiger partial charge in [0.15, 0.2) is 0 Å². The summed E-state index contributed by atoms with van der Waals surface area (Å²) in [4.78, 5) is 18.7. The van der Waals surface area contributed by atoms with E-state index in [2.05, 4.69) is 21.3 Å². The molecule has 1 amide bonds. The highest BCUT2D eigenvalue weighted by atomic mass is 16.5. The highest BCUT2D eigenvalue weighted by Crippen LogP contribution is 2.31. The molecule has 5 heteroatoms. The van der Waals surface area contributed by atoms with E-state index in [9.17, 15) is 4.79 Å². The van der Waals surface area contributed by atoms with E-state index in [0.717, 1.165) is 24.4 Å². The highest BCUT2D eigenvalue weighted by molar-refractivity contribution is 5.93. The average Bonchev–Trinajstić information content (AvgIpc) is 3.17. The van der Waals surface area contributed by atoms with Gasteiger partial charge in [0, 0.05) is 30.1 Å². The maximum Gasteiger partial charge on any atom is 0.251 e. The minimum absolute atomic E-state index is 0.0727. The summed E-state index contributed by atoms with van der Waals surface area (Å²) in [7, 11) is 1.69. The van der Waals surface area contributed by atoms with Gasteiger partial charge in [0.25, 0.3) is 5.91 Å². The predicted octanol–water partition coefficient (Wildman–Crippen LogP) is 2.66. The van der Waals surface area contributed by atoms with Gasteiger partial charge in [-0.2, -0.15) is 0 Å². The number of carbonyl (C=O) groups is 1. The van der Waals surface area contributed by atoms with Crippen molar-refractivity contribution in [2.24, 2.45) is 0 Å². The van der Waals surface area contributed by atoms with Crippen LogP contribution in [0.5, 0.6) is 5.75 Å². The van der Waals surface area contributed by atoms with Gasteiger partial charge in [0.2, 0.25) is 0 Å². The average molecular weight is 325 g/mol. The van der Waals surface area contributed by atoms with Crippen molar-refractivity contribution in [3.8, 4) is 5.75 Å². The number of methoxy groups -OCH3 is 1. The first-order chi connectivity index (χ1) is 11.8. The van der Waals surface area contributed by atoms with E-state index < -0.39 is 0 Å². The van der Waals surface area contributed by atoms with Crippen LogP contribution in [0.15, 0.2) is 48.8 Å². The molecule has 0 spiro atoms. The van der Waals surface area contributed by atoms with Crippen molar-refractivity contribution in [2.45, 2.75) is 18.9 Å². The molecule has 0 unspecified atom stereocenters. The minimum atomic E-state index is -0.0727. The number of likely N-dealkylation sites (tertiary alicyclic amines) is 1. The number of carbonyl (C=O) groups excluding carboxylic acids is 1. The molecule has 1 fully saturated rings. The topological polar surface area (TPSA) is 54.5 Å². The van der Waals surface area contributed by atoms with Crippen molar-refractivity contribution in [1.29, 1.82) is 0 Å². The molecule has 5 nitrogen and oxygen atoms in total. The van der Waals surface area contributed by atoms with Crippen molar-refractivity contribution >= 4 is 5.91 Å². The lowest BCUT2D eigenvalue weighted by molar-refractivity contribution is 0.0937. The van der Waals surface area contributed by atoms with Crippen LogP contribution in [-0.2, 0) is 0 Å². The molecule has 0 saturated carbocycles. The lowest BCUT2D eigenvalue weighted by atomic mass is 10.0. The van der Waals surface area contributed by atoms with E-state index in [1.807, 2.05) is 18.2 Å². The number of ether oxygens (including phenoxy) is 1. The smallest absolute Gasteiger partial charge is 0.251 e. The van der Waals surface area contributed by atoms with Crippen molar-refractivity contribution in [3.63, 3.8) is 0 Å². The Morgan fingerprint density at radius 3 is 2.62 bits per heavy atom. The molecule has 1 aromatic carbocycles. The maximum absolute atomic E-state index is 12.4. The Balaban J connectivity index is 1.77. The molecule has 0 radical (unpaired) electrons. The molecule has 0 aliphatic carbocycles. The van der Waals surface area contributed by atoms with Crippen LogP contribution >= 0.6 is 0 Å². The number of rotatable bonds is 6. The van der Waals surface area contributed by atoms with Crippen LogP contribution in [0.25, 0.3) is 0 Å². The zero-order valence-electron chi connectivity index (χ0n) is 13.9. The van der Waals surface area contributed by atoms with Crippen LogP contribution in [0.1, 0.15) is 34.8 Å². The van der Waals surface area contributed by atoms with Gasteiger partial charge in [-0.05, 0) is 44.1 Å². The quantitative estimate of drug-likeness (QED) is 0.887. The van der Waals surface area contributed by atoms with Crippen LogP contribution in [0.2, 0.25) is 0 Å². The lowest BCUT2D eigenvalue weighted by Crippen LogP contribution is -2.37. The molecule has 1 aromatic heterocycles. The van der Waals surface area contributed by atoms with E-state index in [1.165, 1.54) is 12.8 Å².